The second-order valence-corrected chi connectivity index (χ2v) is 7.14. The summed E-state index contributed by atoms with van der Waals surface area (Å²) in [6, 6.07) is 0.600. The summed E-state index contributed by atoms with van der Waals surface area (Å²) in [6.45, 7) is 8.89. The van der Waals surface area contributed by atoms with Crippen molar-refractivity contribution in [3.63, 3.8) is 0 Å². The van der Waals surface area contributed by atoms with E-state index in [0.717, 1.165) is 12.3 Å². The fraction of sp³-hybridized carbons (Fsp3) is 0.929. The normalized spacial score (nSPS) is 42.2. The van der Waals surface area contributed by atoms with Crippen molar-refractivity contribution in [3.05, 3.63) is 0 Å². The predicted molar refractivity (Wildman–Crippen MR) is 73.3 cm³/mol. The molecule has 3 saturated heterocycles. The van der Waals surface area contributed by atoms with E-state index in [0.29, 0.717) is 17.2 Å². The maximum absolute atomic E-state index is 12.0. The summed E-state index contributed by atoms with van der Waals surface area (Å²) >= 11 is 0. The van der Waals surface area contributed by atoms with Crippen molar-refractivity contribution in [2.75, 3.05) is 0 Å². The van der Waals surface area contributed by atoms with E-state index in [-0.39, 0.29) is 18.2 Å². The molecule has 1 amide bonds. The fourth-order valence-electron chi connectivity index (χ4n) is 4.47. The van der Waals surface area contributed by atoms with Crippen LogP contribution in [0.1, 0.15) is 47.0 Å². The molecule has 100 valence electrons. The van der Waals surface area contributed by atoms with Crippen LogP contribution in [0, 0.1) is 5.92 Å². The zero-order valence-corrected chi connectivity index (χ0v) is 12.0. The number of fused-ring (bicyclic) bond motifs is 1. The van der Waals surface area contributed by atoms with Crippen LogP contribution in [0.5, 0.6) is 0 Å². The number of hydrogen-bond acceptors (Lipinski definition) is 2. The van der Waals surface area contributed by atoms with E-state index in [1.807, 2.05) is 4.90 Å². The van der Waals surface area contributed by atoms with Crippen LogP contribution in [-0.4, -0.2) is 36.5 Å². The van der Waals surface area contributed by atoms with E-state index in [2.05, 4.69) is 27.7 Å². The Labute approximate surface area is 110 Å². The van der Waals surface area contributed by atoms with Crippen molar-refractivity contribution in [2.24, 2.45) is 5.92 Å². The molecule has 4 aliphatic rings. The zero-order chi connectivity index (χ0) is 13.1. The van der Waals surface area contributed by atoms with Gasteiger partial charge in [-0.15, -0.1) is 0 Å². The molecule has 4 heteroatoms. The zero-order valence-electron chi connectivity index (χ0n) is 12.0. The van der Waals surface area contributed by atoms with Crippen molar-refractivity contribution >= 4 is 13.4 Å². The second kappa shape index (κ2) is 3.91. The molecule has 0 aromatic rings. The molecule has 4 atom stereocenters. The minimum Gasteiger partial charge on any atom is -0.444 e. The molecule has 0 spiro atoms. The van der Waals surface area contributed by atoms with E-state index < -0.39 is 0 Å². The third-order valence-electron chi connectivity index (χ3n) is 5.71. The molecule has 4 fully saturated rings. The van der Waals surface area contributed by atoms with Gasteiger partial charge in [-0.05, 0) is 32.0 Å². The lowest BCUT2D eigenvalue weighted by molar-refractivity contribution is 0.115. The van der Waals surface area contributed by atoms with Crippen molar-refractivity contribution in [3.8, 4) is 0 Å². The number of ether oxygens (including phenoxy) is 1. The van der Waals surface area contributed by atoms with Crippen molar-refractivity contribution in [1.82, 2.24) is 4.90 Å². The van der Waals surface area contributed by atoms with Crippen LogP contribution >= 0.6 is 0 Å². The van der Waals surface area contributed by atoms with Crippen molar-refractivity contribution in [2.45, 2.75) is 76.3 Å². The van der Waals surface area contributed by atoms with Gasteiger partial charge in [0.2, 0.25) is 0 Å². The van der Waals surface area contributed by atoms with E-state index in [4.69, 9.17) is 4.74 Å². The third-order valence-corrected chi connectivity index (χ3v) is 5.71. The molecule has 0 N–H and O–H groups in total. The molecule has 3 aliphatic heterocycles. The Hall–Kier alpha value is -0.665. The third kappa shape index (κ3) is 1.53. The lowest BCUT2D eigenvalue weighted by Gasteiger charge is -2.49. The molecule has 4 unspecified atom stereocenters. The number of carbonyl (C=O) groups excluding carboxylic acids is 1. The summed E-state index contributed by atoms with van der Waals surface area (Å²) in [5.74, 6) is 1.38. The highest BCUT2D eigenvalue weighted by atomic mass is 16.6. The first kappa shape index (κ1) is 12.4. The van der Waals surface area contributed by atoms with E-state index in [9.17, 15) is 4.79 Å². The van der Waals surface area contributed by atoms with Gasteiger partial charge in [-0.1, -0.05) is 32.0 Å². The quantitative estimate of drug-likeness (QED) is 0.704. The molecular weight excluding hydrogens is 225 g/mol. The summed E-state index contributed by atoms with van der Waals surface area (Å²) in [6.07, 6.45) is 3.76. The van der Waals surface area contributed by atoms with Gasteiger partial charge < -0.3 is 4.74 Å². The summed E-state index contributed by atoms with van der Waals surface area (Å²) in [7, 11) is 1.27. The first-order chi connectivity index (χ1) is 8.44. The van der Waals surface area contributed by atoms with Crippen LogP contribution in [0.3, 0.4) is 0 Å². The molecule has 0 aromatic carbocycles. The molecule has 18 heavy (non-hydrogen) atoms. The first-order valence-corrected chi connectivity index (χ1v) is 7.43. The summed E-state index contributed by atoms with van der Waals surface area (Å²) in [4.78, 5) is 14.0. The number of nitrogens with zero attached hydrogens (tertiary/aromatic N) is 1. The molecule has 1 saturated carbocycles. The van der Waals surface area contributed by atoms with Gasteiger partial charge in [-0.2, -0.15) is 0 Å². The lowest BCUT2D eigenvalue weighted by Crippen LogP contribution is -2.45. The molecule has 3 nitrogen and oxygen atoms in total. The van der Waals surface area contributed by atoms with Gasteiger partial charge in [-0.3, -0.25) is 4.90 Å². The largest absolute Gasteiger partial charge is 0.444 e. The van der Waals surface area contributed by atoms with Gasteiger partial charge in [0.25, 0.3) is 0 Å². The standard InChI is InChI=1S/C14H24BNO2/c1-8(2)14-6-5-11-12(10(7-14)15-14)18-13(17)16(11)9(3)4/h8-12,15H,5-7H2,1-4H3. The highest BCUT2D eigenvalue weighted by Gasteiger charge is 2.59. The highest BCUT2D eigenvalue weighted by molar-refractivity contribution is 6.47. The summed E-state index contributed by atoms with van der Waals surface area (Å²) in [5.41, 5.74) is 0. The smallest absolute Gasteiger partial charge is 0.410 e. The SMILES string of the molecule is CC(C)N1C(=O)OC2C3BC(C(C)C)(CCC21)C3. The number of carbonyl (C=O) groups is 1. The van der Waals surface area contributed by atoms with Gasteiger partial charge >= 0.3 is 6.09 Å². The fourth-order valence-corrected chi connectivity index (χ4v) is 4.47. The van der Waals surface area contributed by atoms with Crippen LogP contribution in [0.15, 0.2) is 0 Å². The van der Waals surface area contributed by atoms with Gasteiger partial charge in [0, 0.05) is 6.04 Å². The molecular formula is C14H24BNO2. The number of amides is 1. The Kier molecular flexibility index (Phi) is 2.69. The van der Waals surface area contributed by atoms with Crippen molar-refractivity contribution in [1.29, 1.82) is 0 Å². The van der Waals surface area contributed by atoms with E-state index in [1.54, 1.807) is 0 Å². The molecule has 0 radical (unpaired) electrons. The minimum atomic E-state index is -0.0797. The Balaban J connectivity index is 1.82. The second-order valence-electron chi connectivity index (χ2n) is 7.14. The van der Waals surface area contributed by atoms with Crippen molar-refractivity contribution < 1.29 is 9.53 Å². The Morgan fingerprint density at radius 3 is 2.61 bits per heavy atom. The summed E-state index contributed by atoms with van der Waals surface area (Å²) < 4.78 is 5.68. The monoisotopic (exact) mass is 249 g/mol. The Morgan fingerprint density at radius 2 is 2.06 bits per heavy atom. The predicted octanol–water partition coefficient (Wildman–Crippen LogP) is 2.82. The van der Waals surface area contributed by atoms with Gasteiger partial charge in [0.1, 0.15) is 13.4 Å². The average Bonchev–Trinajstić information content (AvgIpc) is 2.37. The maximum Gasteiger partial charge on any atom is 0.410 e. The minimum absolute atomic E-state index is 0.0797. The van der Waals surface area contributed by atoms with Crippen LogP contribution in [0.4, 0.5) is 4.79 Å². The Bertz CT molecular complexity index is 363. The van der Waals surface area contributed by atoms with E-state index >= 15 is 0 Å². The van der Waals surface area contributed by atoms with Crippen LogP contribution in [0.2, 0.25) is 11.1 Å². The van der Waals surface area contributed by atoms with Gasteiger partial charge in [0.15, 0.2) is 0 Å². The molecule has 4 rings (SSSR count). The van der Waals surface area contributed by atoms with Crippen LogP contribution < -0.4 is 0 Å². The van der Waals surface area contributed by atoms with Gasteiger partial charge in [0.05, 0.1) is 6.04 Å². The van der Waals surface area contributed by atoms with Crippen LogP contribution in [-0.2, 0) is 4.74 Å². The average molecular weight is 249 g/mol. The number of hydrogen-bond donors (Lipinski definition) is 0. The van der Waals surface area contributed by atoms with Crippen LogP contribution in [0.25, 0.3) is 0 Å². The Morgan fingerprint density at radius 1 is 1.39 bits per heavy atom. The molecule has 0 aromatic heterocycles. The highest BCUT2D eigenvalue weighted by Crippen LogP contribution is 2.62. The van der Waals surface area contributed by atoms with Gasteiger partial charge in [-0.25, -0.2) is 4.79 Å². The lowest BCUT2D eigenvalue weighted by atomic mass is 9.28. The molecule has 2 bridgehead atoms. The summed E-state index contributed by atoms with van der Waals surface area (Å²) in [5, 5.41) is 0.546. The molecule has 3 heterocycles. The molecule has 1 aliphatic carbocycles. The van der Waals surface area contributed by atoms with E-state index in [1.165, 1.54) is 20.1 Å². The topological polar surface area (TPSA) is 29.5 Å². The maximum atomic E-state index is 12.0. The number of rotatable bonds is 2. The first-order valence-electron chi connectivity index (χ1n) is 7.43.